The summed E-state index contributed by atoms with van der Waals surface area (Å²) in [5.41, 5.74) is 0.878. The summed E-state index contributed by atoms with van der Waals surface area (Å²) in [6.07, 6.45) is 2.28. The van der Waals surface area contributed by atoms with E-state index in [1.54, 1.807) is 49.9 Å². The Hall–Kier alpha value is -2.94. The second kappa shape index (κ2) is 10.1. The minimum atomic E-state index is -3.37. The zero-order chi connectivity index (χ0) is 23.3. The summed E-state index contributed by atoms with van der Waals surface area (Å²) >= 11 is 0. The Bertz CT molecular complexity index is 1050. The summed E-state index contributed by atoms with van der Waals surface area (Å²) in [6, 6.07) is 9.65. The normalized spacial score (nSPS) is 14.9. The number of nitrogens with zero attached hydrogens (tertiary/aromatic N) is 3. The maximum atomic E-state index is 13.0. The van der Waals surface area contributed by atoms with Crippen molar-refractivity contribution in [1.82, 2.24) is 9.88 Å². The Balaban J connectivity index is 1.65. The SMILES string of the molecule is CCOC(=O)c1ccc(N2CCCN(C(=O)c3ccc(S(=O)(=O)C(C)C)cc3)CC2)nc1. The molecule has 0 spiro atoms. The molecular weight excluding hydrogens is 430 g/mol. The smallest absolute Gasteiger partial charge is 0.339 e. The molecule has 0 atom stereocenters. The fourth-order valence-corrected chi connectivity index (χ4v) is 4.56. The van der Waals surface area contributed by atoms with Crippen molar-refractivity contribution in [2.24, 2.45) is 0 Å². The summed E-state index contributed by atoms with van der Waals surface area (Å²) in [5, 5.41) is -0.513. The number of hydrogen-bond acceptors (Lipinski definition) is 7. The van der Waals surface area contributed by atoms with Crippen LogP contribution in [0.15, 0.2) is 47.5 Å². The molecule has 8 nitrogen and oxygen atoms in total. The lowest BCUT2D eigenvalue weighted by Gasteiger charge is -2.23. The number of carbonyl (C=O) groups excluding carboxylic acids is 2. The number of aromatic nitrogens is 1. The Morgan fingerprint density at radius 3 is 2.28 bits per heavy atom. The van der Waals surface area contributed by atoms with Crippen LogP contribution >= 0.6 is 0 Å². The van der Waals surface area contributed by atoms with E-state index in [4.69, 9.17) is 4.74 Å². The van der Waals surface area contributed by atoms with Crippen LogP contribution in [0.4, 0.5) is 5.82 Å². The second-order valence-corrected chi connectivity index (χ2v) is 10.4. The number of carbonyl (C=O) groups is 2. The molecule has 0 radical (unpaired) electrons. The average molecular weight is 460 g/mol. The highest BCUT2D eigenvalue weighted by molar-refractivity contribution is 7.92. The van der Waals surface area contributed by atoms with Crippen LogP contribution < -0.4 is 4.90 Å². The number of ether oxygens (including phenoxy) is 1. The van der Waals surface area contributed by atoms with Crippen LogP contribution in [0.2, 0.25) is 0 Å². The summed E-state index contributed by atoms with van der Waals surface area (Å²) in [6.45, 7) is 7.80. The average Bonchev–Trinajstić information content (AvgIpc) is 3.05. The predicted octanol–water partition coefficient (Wildman–Crippen LogP) is 2.79. The highest BCUT2D eigenvalue weighted by Crippen LogP contribution is 2.19. The zero-order valence-electron chi connectivity index (χ0n) is 18.7. The molecule has 1 amide bonds. The lowest BCUT2D eigenvalue weighted by atomic mass is 10.2. The molecule has 2 heterocycles. The van der Waals surface area contributed by atoms with Gasteiger partial charge in [-0.15, -0.1) is 0 Å². The number of rotatable bonds is 6. The minimum absolute atomic E-state index is 0.119. The topological polar surface area (TPSA) is 96.9 Å². The highest BCUT2D eigenvalue weighted by Gasteiger charge is 2.23. The van der Waals surface area contributed by atoms with Gasteiger partial charge in [0.2, 0.25) is 0 Å². The molecule has 0 bridgehead atoms. The fourth-order valence-electron chi connectivity index (χ4n) is 3.50. The van der Waals surface area contributed by atoms with Crippen molar-refractivity contribution in [2.75, 3.05) is 37.7 Å². The number of benzene rings is 1. The number of esters is 1. The minimum Gasteiger partial charge on any atom is -0.462 e. The summed E-state index contributed by atoms with van der Waals surface area (Å²) in [7, 11) is -3.37. The molecule has 1 fully saturated rings. The number of amides is 1. The van der Waals surface area contributed by atoms with Crippen molar-refractivity contribution < 1.29 is 22.7 Å². The zero-order valence-corrected chi connectivity index (χ0v) is 19.5. The van der Waals surface area contributed by atoms with E-state index in [0.29, 0.717) is 37.4 Å². The van der Waals surface area contributed by atoms with E-state index in [9.17, 15) is 18.0 Å². The van der Waals surface area contributed by atoms with Gasteiger partial charge in [0.15, 0.2) is 9.84 Å². The molecule has 0 saturated carbocycles. The van der Waals surface area contributed by atoms with Gasteiger partial charge in [-0.25, -0.2) is 18.2 Å². The standard InChI is InChI=1S/C23H29N3O5S/c1-4-31-23(28)19-8-11-21(24-16-19)25-12-5-13-26(15-14-25)22(27)18-6-9-20(10-7-18)32(29,30)17(2)3/h6-11,16-17H,4-5,12-15H2,1-3H3. The van der Waals surface area contributed by atoms with Crippen LogP contribution in [-0.4, -0.2) is 68.2 Å². The fraction of sp³-hybridized carbons (Fsp3) is 0.435. The van der Waals surface area contributed by atoms with Crippen LogP contribution in [0.5, 0.6) is 0 Å². The van der Waals surface area contributed by atoms with E-state index in [1.165, 1.54) is 18.3 Å². The largest absolute Gasteiger partial charge is 0.462 e. The summed E-state index contributed by atoms with van der Waals surface area (Å²) < 4.78 is 29.6. The molecule has 2 aromatic rings. The lowest BCUT2D eigenvalue weighted by molar-refractivity contribution is 0.0525. The van der Waals surface area contributed by atoms with Crippen LogP contribution in [0.25, 0.3) is 0 Å². The monoisotopic (exact) mass is 459 g/mol. The summed E-state index contributed by atoms with van der Waals surface area (Å²) in [4.78, 5) is 33.2. The number of sulfone groups is 1. The molecule has 1 aliphatic heterocycles. The Kier molecular flexibility index (Phi) is 7.50. The molecule has 1 aliphatic rings. The van der Waals surface area contributed by atoms with Crippen molar-refractivity contribution in [3.05, 3.63) is 53.7 Å². The van der Waals surface area contributed by atoms with E-state index in [-0.39, 0.29) is 10.8 Å². The molecule has 0 aliphatic carbocycles. The van der Waals surface area contributed by atoms with Crippen LogP contribution in [0, 0.1) is 0 Å². The molecule has 1 saturated heterocycles. The van der Waals surface area contributed by atoms with Crippen LogP contribution in [0.1, 0.15) is 47.9 Å². The maximum absolute atomic E-state index is 13.0. The number of pyridine rings is 1. The molecule has 1 aromatic carbocycles. The predicted molar refractivity (Wildman–Crippen MR) is 122 cm³/mol. The van der Waals surface area contributed by atoms with E-state index >= 15 is 0 Å². The van der Waals surface area contributed by atoms with Crippen molar-refractivity contribution >= 4 is 27.5 Å². The molecule has 3 rings (SSSR count). The van der Waals surface area contributed by atoms with Gasteiger partial charge in [0, 0.05) is 37.9 Å². The van der Waals surface area contributed by atoms with Gasteiger partial charge in [0.1, 0.15) is 5.82 Å². The van der Waals surface area contributed by atoms with Gasteiger partial charge in [0.05, 0.1) is 22.3 Å². The Morgan fingerprint density at radius 1 is 1.00 bits per heavy atom. The van der Waals surface area contributed by atoms with Gasteiger partial charge in [-0.2, -0.15) is 0 Å². The summed E-state index contributed by atoms with van der Waals surface area (Å²) in [5.74, 6) is 0.230. The molecule has 9 heteroatoms. The van der Waals surface area contributed by atoms with E-state index in [0.717, 1.165) is 18.8 Å². The van der Waals surface area contributed by atoms with Gasteiger partial charge in [-0.1, -0.05) is 0 Å². The van der Waals surface area contributed by atoms with Gasteiger partial charge in [-0.3, -0.25) is 4.79 Å². The van der Waals surface area contributed by atoms with Crippen LogP contribution in [0.3, 0.4) is 0 Å². The molecule has 1 aromatic heterocycles. The van der Waals surface area contributed by atoms with Gasteiger partial charge >= 0.3 is 5.97 Å². The first-order valence-corrected chi connectivity index (χ1v) is 12.3. The van der Waals surface area contributed by atoms with Crippen molar-refractivity contribution in [3.8, 4) is 0 Å². The molecule has 0 N–H and O–H groups in total. The lowest BCUT2D eigenvalue weighted by Crippen LogP contribution is -2.35. The Labute approximate surface area is 189 Å². The first-order valence-electron chi connectivity index (χ1n) is 10.8. The van der Waals surface area contributed by atoms with Crippen molar-refractivity contribution in [1.29, 1.82) is 0 Å². The molecule has 172 valence electrons. The first-order chi connectivity index (χ1) is 15.2. The quantitative estimate of drug-likeness (QED) is 0.613. The van der Waals surface area contributed by atoms with Crippen molar-refractivity contribution in [2.45, 2.75) is 37.3 Å². The van der Waals surface area contributed by atoms with Crippen LogP contribution in [-0.2, 0) is 14.6 Å². The molecular formula is C23H29N3O5S. The Morgan fingerprint density at radius 2 is 1.69 bits per heavy atom. The van der Waals surface area contributed by atoms with E-state index in [1.807, 2.05) is 0 Å². The van der Waals surface area contributed by atoms with Gasteiger partial charge in [0.25, 0.3) is 5.91 Å². The number of anilines is 1. The van der Waals surface area contributed by atoms with E-state index < -0.39 is 21.1 Å². The van der Waals surface area contributed by atoms with Gasteiger partial charge in [-0.05, 0) is 63.6 Å². The number of hydrogen-bond donors (Lipinski definition) is 0. The molecule has 32 heavy (non-hydrogen) atoms. The third-order valence-electron chi connectivity index (χ3n) is 5.42. The second-order valence-electron chi connectivity index (χ2n) is 7.88. The maximum Gasteiger partial charge on any atom is 0.339 e. The third-order valence-corrected chi connectivity index (χ3v) is 7.59. The first kappa shape index (κ1) is 23.7. The molecule has 0 unspecified atom stereocenters. The van der Waals surface area contributed by atoms with Gasteiger partial charge < -0.3 is 14.5 Å². The third kappa shape index (κ3) is 5.27. The highest BCUT2D eigenvalue weighted by atomic mass is 32.2. The van der Waals surface area contributed by atoms with E-state index in [2.05, 4.69) is 9.88 Å². The van der Waals surface area contributed by atoms with Crippen molar-refractivity contribution in [3.63, 3.8) is 0 Å².